The van der Waals surface area contributed by atoms with Crippen molar-refractivity contribution in [2.45, 2.75) is 32.1 Å². The van der Waals surface area contributed by atoms with Gasteiger partial charge < -0.3 is 5.21 Å². The lowest BCUT2D eigenvalue weighted by atomic mass is 10.0. The van der Waals surface area contributed by atoms with Gasteiger partial charge in [-0.05, 0) is 12.3 Å². The highest BCUT2D eigenvalue weighted by atomic mass is 16.4. The van der Waals surface area contributed by atoms with Crippen LogP contribution >= 0.6 is 0 Å². The van der Waals surface area contributed by atoms with Gasteiger partial charge in [-0.2, -0.15) is 0 Å². The highest BCUT2D eigenvalue weighted by molar-refractivity contribution is 6.28. The highest BCUT2D eigenvalue weighted by Gasteiger charge is 2.16. The first-order valence-electron chi connectivity index (χ1n) is 4.03. The highest BCUT2D eigenvalue weighted by Crippen LogP contribution is 2.27. The lowest BCUT2D eigenvalue weighted by Gasteiger charge is -2.04. The zero-order valence-corrected chi connectivity index (χ0v) is 6.49. The Kier molecular flexibility index (Phi) is 3.08. The van der Waals surface area contributed by atoms with Gasteiger partial charge >= 0.3 is 0 Å². The van der Waals surface area contributed by atoms with Crippen LogP contribution in [0.25, 0.3) is 0 Å². The normalized spacial score (nSPS) is 20.5. The van der Waals surface area contributed by atoms with E-state index in [9.17, 15) is 4.79 Å². The Morgan fingerprint density at radius 2 is 2.18 bits per heavy atom. The van der Waals surface area contributed by atoms with Crippen molar-refractivity contribution < 1.29 is 10.0 Å². The van der Waals surface area contributed by atoms with Gasteiger partial charge in [0.05, 0.1) is 0 Å². The second kappa shape index (κ2) is 4.11. The molecule has 0 radical (unpaired) electrons. The van der Waals surface area contributed by atoms with Crippen LogP contribution < -0.4 is 0 Å². The predicted molar refractivity (Wildman–Crippen MR) is 41.9 cm³/mol. The average molecular weight is 155 g/mol. The molecule has 0 aromatic rings. The van der Waals surface area contributed by atoms with E-state index in [1.807, 2.05) is 0 Å². The fourth-order valence-electron chi connectivity index (χ4n) is 1.62. The Labute approximate surface area is 66.1 Å². The first-order chi connectivity index (χ1) is 5.36. The van der Waals surface area contributed by atoms with Gasteiger partial charge in [-0.1, -0.05) is 30.8 Å². The van der Waals surface area contributed by atoms with Crippen molar-refractivity contribution in [1.82, 2.24) is 0 Å². The van der Waals surface area contributed by atoms with Gasteiger partial charge in [-0.3, -0.25) is 4.79 Å². The Morgan fingerprint density at radius 1 is 1.55 bits per heavy atom. The van der Waals surface area contributed by atoms with Crippen LogP contribution in [-0.4, -0.2) is 17.2 Å². The molecule has 0 heterocycles. The summed E-state index contributed by atoms with van der Waals surface area (Å²) in [5.41, 5.74) is 0.289. The van der Waals surface area contributed by atoms with E-state index in [0.29, 0.717) is 18.6 Å². The van der Waals surface area contributed by atoms with E-state index in [4.69, 9.17) is 5.21 Å². The molecule has 1 N–H and O–H groups in total. The van der Waals surface area contributed by atoms with Crippen molar-refractivity contribution in [2.75, 3.05) is 0 Å². The lowest BCUT2D eigenvalue weighted by Crippen LogP contribution is -2.06. The van der Waals surface area contributed by atoms with Crippen molar-refractivity contribution in [2.24, 2.45) is 11.1 Å². The number of nitrogens with zero attached hydrogens (tertiary/aromatic N) is 1. The summed E-state index contributed by atoms with van der Waals surface area (Å²) in [7, 11) is 0. The Bertz CT molecular complexity index is 159. The van der Waals surface area contributed by atoms with Gasteiger partial charge in [-0.25, -0.2) is 0 Å². The molecule has 0 bridgehead atoms. The minimum absolute atomic E-state index is 0.289. The van der Waals surface area contributed by atoms with E-state index in [1.165, 1.54) is 25.7 Å². The van der Waals surface area contributed by atoms with Crippen LogP contribution in [0, 0.1) is 5.92 Å². The molecule has 0 saturated heterocycles. The molecular weight excluding hydrogens is 142 g/mol. The summed E-state index contributed by atoms with van der Waals surface area (Å²) in [5, 5.41) is 11.3. The number of carbonyl (C=O) groups excluding carboxylic acids is 1. The standard InChI is InChI=1S/C8H13NO2/c10-6-8(9-11)5-7-3-1-2-4-7/h6-7,11H,1-5H2. The molecule has 1 saturated carbocycles. The minimum Gasteiger partial charge on any atom is -0.411 e. The Balaban J connectivity index is 2.33. The first kappa shape index (κ1) is 8.24. The average Bonchev–Trinajstić information content (AvgIpc) is 2.52. The maximum atomic E-state index is 10.2. The number of aldehydes is 1. The van der Waals surface area contributed by atoms with Crippen LogP contribution in [0.5, 0.6) is 0 Å². The van der Waals surface area contributed by atoms with Gasteiger partial charge in [0.1, 0.15) is 5.71 Å². The third kappa shape index (κ3) is 2.33. The second-order valence-corrected chi connectivity index (χ2v) is 3.06. The van der Waals surface area contributed by atoms with Gasteiger partial charge in [0.15, 0.2) is 6.29 Å². The second-order valence-electron chi connectivity index (χ2n) is 3.06. The summed E-state index contributed by atoms with van der Waals surface area (Å²) < 4.78 is 0. The molecule has 3 nitrogen and oxygen atoms in total. The van der Waals surface area contributed by atoms with Crippen molar-refractivity contribution in [3.05, 3.63) is 0 Å². The third-order valence-electron chi connectivity index (χ3n) is 2.24. The molecule has 0 atom stereocenters. The van der Waals surface area contributed by atoms with E-state index in [2.05, 4.69) is 5.16 Å². The van der Waals surface area contributed by atoms with Crippen LogP contribution in [0.4, 0.5) is 0 Å². The van der Waals surface area contributed by atoms with Crippen LogP contribution in [0.2, 0.25) is 0 Å². The maximum absolute atomic E-state index is 10.2. The monoisotopic (exact) mass is 155 g/mol. The number of oxime groups is 1. The molecule has 0 spiro atoms. The van der Waals surface area contributed by atoms with E-state index >= 15 is 0 Å². The van der Waals surface area contributed by atoms with Crippen molar-refractivity contribution in [3.8, 4) is 0 Å². The molecule has 1 aliphatic rings. The summed E-state index contributed by atoms with van der Waals surface area (Å²) in [5.74, 6) is 0.575. The first-order valence-corrected chi connectivity index (χ1v) is 4.03. The fraction of sp³-hybridized carbons (Fsp3) is 0.750. The molecule has 0 amide bonds. The van der Waals surface area contributed by atoms with Crippen LogP contribution in [-0.2, 0) is 4.79 Å². The van der Waals surface area contributed by atoms with Gasteiger partial charge in [0.25, 0.3) is 0 Å². The SMILES string of the molecule is O=CC(CC1CCCC1)=NO. The molecule has 1 aliphatic carbocycles. The zero-order chi connectivity index (χ0) is 8.10. The number of hydrogen-bond donors (Lipinski definition) is 1. The molecule has 0 aromatic heterocycles. The van der Waals surface area contributed by atoms with Crippen molar-refractivity contribution in [3.63, 3.8) is 0 Å². The summed E-state index contributed by atoms with van der Waals surface area (Å²) in [6, 6.07) is 0. The molecule has 0 aliphatic heterocycles. The zero-order valence-electron chi connectivity index (χ0n) is 6.49. The molecular formula is C8H13NO2. The summed E-state index contributed by atoms with van der Waals surface area (Å²) >= 11 is 0. The molecule has 0 unspecified atom stereocenters. The van der Waals surface area contributed by atoms with Gasteiger partial charge in [0, 0.05) is 0 Å². The quantitative estimate of drug-likeness (QED) is 0.291. The summed E-state index contributed by atoms with van der Waals surface area (Å²) in [6.45, 7) is 0. The van der Waals surface area contributed by atoms with Crippen LogP contribution in [0.15, 0.2) is 5.16 Å². The number of rotatable bonds is 3. The van der Waals surface area contributed by atoms with Crippen molar-refractivity contribution in [1.29, 1.82) is 0 Å². The van der Waals surface area contributed by atoms with Gasteiger partial charge in [0.2, 0.25) is 0 Å². The molecule has 1 fully saturated rings. The molecule has 11 heavy (non-hydrogen) atoms. The number of hydrogen-bond acceptors (Lipinski definition) is 3. The molecule has 3 heteroatoms. The van der Waals surface area contributed by atoms with Crippen LogP contribution in [0.3, 0.4) is 0 Å². The topological polar surface area (TPSA) is 49.7 Å². The molecule has 0 aromatic carbocycles. The van der Waals surface area contributed by atoms with Gasteiger partial charge in [-0.15, -0.1) is 0 Å². The largest absolute Gasteiger partial charge is 0.411 e. The van der Waals surface area contributed by atoms with Crippen molar-refractivity contribution >= 4 is 12.0 Å². The molecule has 1 rings (SSSR count). The Morgan fingerprint density at radius 3 is 2.64 bits per heavy atom. The fourth-order valence-corrected chi connectivity index (χ4v) is 1.62. The van der Waals surface area contributed by atoms with E-state index in [-0.39, 0.29) is 5.71 Å². The number of carbonyl (C=O) groups is 1. The van der Waals surface area contributed by atoms with E-state index in [0.717, 1.165) is 0 Å². The Hall–Kier alpha value is -0.860. The minimum atomic E-state index is 0.289. The maximum Gasteiger partial charge on any atom is 0.167 e. The van der Waals surface area contributed by atoms with E-state index < -0.39 is 0 Å². The third-order valence-corrected chi connectivity index (χ3v) is 2.24. The smallest absolute Gasteiger partial charge is 0.167 e. The summed E-state index contributed by atoms with van der Waals surface area (Å²) in [4.78, 5) is 10.2. The molecule has 62 valence electrons. The van der Waals surface area contributed by atoms with E-state index in [1.54, 1.807) is 0 Å². The summed E-state index contributed by atoms with van der Waals surface area (Å²) in [6.07, 6.45) is 6.14. The predicted octanol–water partition coefficient (Wildman–Crippen LogP) is 1.60. The lowest BCUT2D eigenvalue weighted by molar-refractivity contribution is -0.103. The van der Waals surface area contributed by atoms with Crippen LogP contribution in [0.1, 0.15) is 32.1 Å².